The molecule has 0 unspecified atom stereocenters. The number of benzene rings is 2. The van der Waals surface area contributed by atoms with E-state index in [-0.39, 0.29) is 5.82 Å². The van der Waals surface area contributed by atoms with Crippen molar-refractivity contribution in [3.05, 3.63) is 59.4 Å². The van der Waals surface area contributed by atoms with Crippen molar-refractivity contribution < 1.29 is 9.18 Å². The minimum Gasteiger partial charge on any atom is -0.366 e. The van der Waals surface area contributed by atoms with Crippen LogP contribution in [0, 0.1) is 12.7 Å². The average Bonchev–Trinajstić information content (AvgIpc) is 2.32. The van der Waals surface area contributed by atoms with E-state index in [0.29, 0.717) is 16.7 Å². The Labute approximate surface area is 98.9 Å². The first kappa shape index (κ1) is 11.3. The molecule has 2 aromatic rings. The first-order valence-corrected chi connectivity index (χ1v) is 5.24. The summed E-state index contributed by atoms with van der Waals surface area (Å²) in [6, 6.07) is 11.5. The molecule has 0 aliphatic carbocycles. The number of halogens is 1. The van der Waals surface area contributed by atoms with Gasteiger partial charge in [0.25, 0.3) is 0 Å². The summed E-state index contributed by atoms with van der Waals surface area (Å²) in [5, 5.41) is 0. The van der Waals surface area contributed by atoms with E-state index in [1.807, 2.05) is 6.92 Å². The van der Waals surface area contributed by atoms with Crippen molar-refractivity contribution in [3.8, 4) is 11.1 Å². The quantitative estimate of drug-likeness (QED) is 0.845. The Kier molecular flexibility index (Phi) is 2.91. The van der Waals surface area contributed by atoms with Gasteiger partial charge in [-0.25, -0.2) is 4.39 Å². The highest BCUT2D eigenvalue weighted by atomic mass is 19.1. The Bertz CT molecular complexity index is 578. The summed E-state index contributed by atoms with van der Waals surface area (Å²) in [5.74, 6) is -0.822. The summed E-state index contributed by atoms with van der Waals surface area (Å²) < 4.78 is 13.7. The molecule has 0 saturated carbocycles. The van der Waals surface area contributed by atoms with Crippen LogP contribution in [-0.4, -0.2) is 5.91 Å². The smallest absolute Gasteiger partial charge is 0.248 e. The van der Waals surface area contributed by atoms with E-state index in [4.69, 9.17) is 5.73 Å². The number of aryl methyl sites for hydroxylation is 1. The summed E-state index contributed by atoms with van der Waals surface area (Å²) in [7, 11) is 0. The number of nitrogens with two attached hydrogens (primary N) is 1. The lowest BCUT2D eigenvalue weighted by Gasteiger charge is -2.06. The topological polar surface area (TPSA) is 43.1 Å². The fraction of sp³-hybridized carbons (Fsp3) is 0.0714. The largest absolute Gasteiger partial charge is 0.366 e. The number of hydrogen-bond acceptors (Lipinski definition) is 1. The highest BCUT2D eigenvalue weighted by Crippen LogP contribution is 2.24. The van der Waals surface area contributed by atoms with Crippen LogP contribution in [0.15, 0.2) is 42.5 Å². The van der Waals surface area contributed by atoms with Crippen LogP contribution in [0.25, 0.3) is 11.1 Å². The first-order chi connectivity index (χ1) is 8.08. The predicted octanol–water partition coefficient (Wildman–Crippen LogP) is 2.90. The molecule has 2 nitrogen and oxygen atoms in total. The molecule has 0 fully saturated rings. The van der Waals surface area contributed by atoms with Gasteiger partial charge in [0.1, 0.15) is 5.82 Å². The van der Waals surface area contributed by atoms with E-state index < -0.39 is 5.91 Å². The SMILES string of the molecule is Cc1ccc(F)c(-c2cccc(C(N)=O)c2)c1. The van der Waals surface area contributed by atoms with Gasteiger partial charge in [-0.15, -0.1) is 0 Å². The molecule has 0 bridgehead atoms. The van der Waals surface area contributed by atoms with Gasteiger partial charge in [0.15, 0.2) is 0 Å². The lowest BCUT2D eigenvalue weighted by Crippen LogP contribution is -2.10. The summed E-state index contributed by atoms with van der Waals surface area (Å²) in [6.07, 6.45) is 0. The molecule has 3 heteroatoms. The molecule has 86 valence electrons. The second-order valence-corrected chi connectivity index (χ2v) is 3.93. The van der Waals surface area contributed by atoms with Gasteiger partial charge in [0.05, 0.1) is 0 Å². The number of primary amides is 1. The van der Waals surface area contributed by atoms with Crippen molar-refractivity contribution in [2.45, 2.75) is 6.92 Å². The Hall–Kier alpha value is -2.16. The van der Waals surface area contributed by atoms with Crippen molar-refractivity contribution in [3.63, 3.8) is 0 Å². The van der Waals surface area contributed by atoms with Crippen LogP contribution in [-0.2, 0) is 0 Å². The predicted molar refractivity (Wildman–Crippen MR) is 65.1 cm³/mol. The second-order valence-electron chi connectivity index (χ2n) is 3.93. The third-order valence-corrected chi connectivity index (χ3v) is 2.58. The summed E-state index contributed by atoms with van der Waals surface area (Å²) in [6.45, 7) is 1.89. The van der Waals surface area contributed by atoms with Crippen molar-refractivity contribution in [2.75, 3.05) is 0 Å². The van der Waals surface area contributed by atoms with Gasteiger partial charge in [-0.1, -0.05) is 23.8 Å². The standard InChI is InChI=1S/C14H12FNO/c1-9-5-6-13(15)12(7-9)10-3-2-4-11(8-10)14(16)17/h2-8H,1H3,(H2,16,17). The molecule has 0 heterocycles. The van der Waals surface area contributed by atoms with Gasteiger partial charge < -0.3 is 5.73 Å². The summed E-state index contributed by atoms with van der Waals surface area (Å²) in [5.41, 5.74) is 7.67. The normalized spacial score (nSPS) is 10.2. The minimum absolute atomic E-state index is 0.308. The van der Waals surface area contributed by atoms with E-state index in [2.05, 4.69) is 0 Å². The molecule has 2 aromatic carbocycles. The van der Waals surface area contributed by atoms with Crippen LogP contribution in [0.3, 0.4) is 0 Å². The molecule has 2 N–H and O–H groups in total. The maximum absolute atomic E-state index is 13.7. The van der Waals surface area contributed by atoms with Crippen LogP contribution >= 0.6 is 0 Å². The molecule has 17 heavy (non-hydrogen) atoms. The van der Waals surface area contributed by atoms with Gasteiger partial charge in [-0.3, -0.25) is 4.79 Å². The molecule has 0 spiro atoms. The first-order valence-electron chi connectivity index (χ1n) is 5.24. The van der Waals surface area contributed by atoms with Crippen LogP contribution in [0.1, 0.15) is 15.9 Å². The molecule has 0 aliphatic rings. The fourth-order valence-corrected chi connectivity index (χ4v) is 1.70. The zero-order chi connectivity index (χ0) is 12.4. The molecule has 0 atom stereocenters. The lowest BCUT2D eigenvalue weighted by molar-refractivity contribution is 0.100. The van der Waals surface area contributed by atoms with Gasteiger partial charge in [-0.2, -0.15) is 0 Å². The highest BCUT2D eigenvalue weighted by Gasteiger charge is 2.07. The maximum atomic E-state index is 13.7. The minimum atomic E-state index is -0.514. The Morgan fingerprint density at radius 3 is 2.65 bits per heavy atom. The van der Waals surface area contributed by atoms with Gasteiger partial charge in [-0.05, 0) is 36.8 Å². The van der Waals surface area contributed by atoms with Crippen LogP contribution in [0.2, 0.25) is 0 Å². The molecule has 0 aliphatic heterocycles. The van der Waals surface area contributed by atoms with Crippen LogP contribution < -0.4 is 5.73 Å². The summed E-state index contributed by atoms with van der Waals surface area (Å²) >= 11 is 0. The number of carbonyl (C=O) groups is 1. The molecule has 2 rings (SSSR count). The molecule has 0 saturated heterocycles. The van der Waals surface area contributed by atoms with E-state index >= 15 is 0 Å². The number of amides is 1. The maximum Gasteiger partial charge on any atom is 0.248 e. The molecular weight excluding hydrogens is 217 g/mol. The molecule has 0 aromatic heterocycles. The molecule has 1 amide bonds. The van der Waals surface area contributed by atoms with Crippen molar-refractivity contribution in [1.82, 2.24) is 0 Å². The fourth-order valence-electron chi connectivity index (χ4n) is 1.70. The van der Waals surface area contributed by atoms with Crippen LogP contribution in [0.5, 0.6) is 0 Å². The molecular formula is C14H12FNO. The summed E-state index contributed by atoms with van der Waals surface area (Å²) in [4.78, 5) is 11.1. The average molecular weight is 229 g/mol. The molecule has 0 radical (unpaired) electrons. The van der Waals surface area contributed by atoms with Crippen LogP contribution in [0.4, 0.5) is 4.39 Å². The van der Waals surface area contributed by atoms with Gasteiger partial charge in [0, 0.05) is 11.1 Å². The van der Waals surface area contributed by atoms with E-state index in [9.17, 15) is 9.18 Å². The highest BCUT2D eigenvalue weighted by molar-refractivity contribution is 5.94. The lowest BCUT2D eigenvalue weighted by atomic mass is 10.0. The number of hydrogen-bond donors (Lipinski definition) is 1. The Morgan fingerprint density at radius 1 is 1.18 bits per heavy atom. The van der Waals surface area contributed by atoms with Gasteiger partial charge in [0.2, 0.25) is 5.91 Å². The van der Waals surface area contributed by atoms with Crippen molar-refractivity contribution in [1.29, 1.82) is 0 Å². The second kappa shape index (κ2) is 4.37. The van der Waals surface area contributed by atoms with Gasteiger partial charge >= 0.3 is 0 Å². The van der Waals surface area contributed by atoms with E-state index in [1.54, 1.807) is 36.4 Å². The zero-order valence-electron chi connectivity index (χ0n) is 9.41. The van der Waals surface area contributed by atoms with Crippen molar-refractivity contribution in [2.24, 2.45) is 5.73 Å². The van der Waals surface area contributed by atoms with E-state index in [1.165, 1.54) is 6.07 Å². The monoisotopic (exact) mass is 229 g/mol. The Morgan fingerprint density at radius 2 is 1.94 bits per heavy atom. The van der Waals surface area contributed by atoms with E-state index in [0.717, 1.165) is 5.56 Å². The zero-order valence-corrected chi connectivity index (χ0v) is 9.41. The number of carbonyl (C=O) groups excluding carboxylic acids is 1. The number of rotatable bonds is 2. The third-order valence-electron chi connectivity index (χ3n) is 2.58. The third kappa shape index (κ3) is 2.33. The Balaban J connectivity index is 2.56. The van der Waals surface area contributed by atoms with Crippen molar-refractivity contribution >= 4 is 5.91 Å².